The molecule has 1 fully saturated rings. The number of nitriles is 1. The van der Waals surface area contributed by atoms with Crippen LogP contribution in [0.3, 0.4) is 0 Å². The van der Waals surface area contributed by atoms with Crippen molar-refractivity contribution in [2.75, 3.05) is 13.2 Å². The summed E-state index contributed by atoms with van der Waals surface area (Å²) in [6.07, 6.45) is 3.50. The second-order valence-electron chi connectivity index (χ2n) is 6.61. The van der Waals surface area contributed by atoms with Crippen LogP contribution in [0.4, 0.5) is 0 Å². The largest absolute Gasteiger partial charge is 0.489 e. The number of nitrogens with one attached hydrogen (secondary N) is 1. The van der Waals surface area contributed by atoms with Crippen molar-refractivity contribution in [1.29, 1.82) is 5.26 Å². The van der Waals surface area contributed by atoms with E-state index in [4.69, 9.17) is 32.7 Å². The van der Waals surface area contributed by atoms with Crippen molar-refractivity contribution in [2.24, 2.45) is 0 Å². The third-order valence-electron chi connectivity index (χ3n) is 4.48. The smallest absolute Gasteiger partial charge is 0.262 e. The molecule has 0 bridgehead atoms. The summed E-state index contributed by atoms with van der Waals surface area (Å²) in [5.41, 5.74) is 1.60. The number of halogens is 2. The van der Waals surface area contributed by atoms with E-state index in [0.29, 0.717) is 28.9 Å². The van der Waals surface area contributed by atoms with Gasteiger partial charge in [-0.05, 0) is 48.7 Å². The number of rotatable bonds is 7. The molecule has 1 aliphatic heterocycles. The Hall–Kier alpha value is -2.52. The van der Waals surface area contributed by atoms with E-state index in [1.807, 2.05) is 12.1 Å². The van der Waals surface area contributed by atoms with Crippen LogP contribution in [-0.2, 0) is 16.1 Å². The number of carbonyl (C=O) groups is 1. The van der Waals surface area contributed by atoms with Crippen LogP contribution in [0.2, 0.25) is 10.0 Å². The van der Waals surface area contributed by atoms with Crippen molar-refractivity contribution >= 4 is 35.2 Å². The summed E-state index contributed by atoms with van der Waals surface area (Å²) in [6.45, 7) is 1.44. The summed E-state index contributed by atoms with van der Waals surface area (Å²) in [5.74, 6) is 0.246. The molecule has 1 saturated heterocycles. The molecule has 1 heterocycles. The minimum Gasteiger partial charge on any atom is -0.489 e. The summed E-state index contributed by atoms with van der Waals surface area (Å²) >= 11 is 12.0. The predicted octanol–water partition coefficient (Wildman–Crippen LogP) is 4.77. The van der Waals surface area contributed by atoms with E-state index < -0.39 is 5.91 Å². The molecule has 7 heteroatoms. The van der Waals surface area contributed by atoms with Gasteiger partial charge in [-0.15, -0.1) is 0 Å². The highest BCUT2D eigenvalue weighted by molar-refractivity contribution is 6.35. The minimum atomic E-state index is -0.402. The molecule has 1 amide bonds. The monoisotopic (exact) mass is 430 g/mol. The molecule has 29 heavy (non-hydrogen) atoms. The summed E-state index contributed by atoms with van der Waals surface area (Å²) in [5, 5.41) is 13.2. The van der Waals surface area contributed by atoms with Crippen LogP contribution < -0.4 is 10.1 Å². The Bertz CT molecular complexity index is 930. The number of hydrogen-bond donors (Lipinski definition) is 1. The maximum atomic E-state index is 12.2. The number of nitrogens with zero attached hydrogens (tertiary/aromatic N) is 1. The molecule has 150 valence electrons. The number of carbonyl (C=O) groups excluding carboxylic acids is 1. The van der Waals surface area contributed by atoms with Crippen molar-refractivity contribution in [3.8, 4) is 11.8 Å². The van der Waals surface area contributed by atoms with Gasteiger partial charge in [0.25, 0.3) is 5.91 Å². The Morgan fingerprint density at radius 3 is 2.72 bits per heavy atom. The molecule has 5 nitrogen and oxygen atoms in total. The second-order valence-corrected chi connectivity index (χ2v) is 7.45. The van der Waals surface area contributed by atoms with Crippen LogP contribution in [0.1, 0.15) is 24.0 Å². The van der Waals surface area contributed by atoms with E-state index in [-0.39, 0.29) is 11.7 Å². The molecule has 2 aromatic rings. The lowest BCUT2D eigenvalue weighted by Crippen LogP contribution is -2.32. The summed E-state index contributed by atoms with van der Waals surface area (Å²) in [7, 11) is 0. The Morgan fingerprint density at radius 2 is 2.07 bits per heavy atom. The SMILES string of the molecule is N#CC(=Cc1ccc(OCc2ccc(Cl)cc2Cl)cc1)C(=O)NCC1CCCO1. The quantitative estimate of drug-likeness (QED) is 0.506. The van der Waals surface area contributed by atoms with Gasteiger partial charge in [0.15, 0.2) is 0 Å². The fourth-order valence-electron chi connectivity index (χ4n) is 2.88. The average molecular weight is 431 g/mol. The molecule has 0 aliphatic carbocycles. The Labute approximate surface area is 179 Å². The first-order chi connectivity index (χ1) is 14.0. The molecule has 1 unspecified atom stereocenters. The Morgan fingerprint density at radius 1 is 1.28 bits per heavy atom. The Balaban J connectivity index is 1.57. The van der Waals surface area contributed by atoms with Crippen LogP contribution in [0.25, 0.3) is 6.08 Å². The van der Waals surface area contributed by atoms with Crippen LogP contribution in [-0.4, -0.2) is 25.2 Å². The van der Waals surface area contributed by atoms with Crippen molar-refractivity contribution in [3.63, 3.8) is 0 Å². The highest BCUT2D eigenvalue weighted by Crippen LogP contribution is 2.23. The topological polar surface area (TPSA) is 71.3 Å². The zero-order chi connectivity index (χ0) is 20.6. The molecule has 2 aromatic carbocycles. The summed E-state index contributed by atoms with van der Waals surface area (Å²) < 4.78 is 11.2. The van der Waals surface area contributed by atoms with Crippen molar-refractivity contribution in [2.45, 2.75) is 25.6 Å². The molecule has 0 aromatic heterocycles. The third-order valence-corrected chi connectivity index (χ3v) is 5.07. The van der Waals surface area contributed by atoms with Gasteiger partial charge < -0.3 is 14.8 Å². The fourth-order valence-corrected chi connectivity index (χ4v) is 3.35. The van der Waals surface area contributed by atoms with Gasteiger partial charge in [0.1, 0.15) is 24.0 Å². The first-order valence-corrected chi connectivity index (χ1v) is 9.99. The second kappa shape index (κ2) is 10.3. The Kier molecular flexibility index (Phi) is 7.54. The van der Waals surface area contributed by atoms with E-state index in [2.05, 4.69) is 5.32 Å². The van der Waals surface area contributed by atoms with Crippen LogP contribution in [0.15, 0.2) is 48.0 Å². The summed E-state index contributed by atoms with van der Waals surface area (Å²) in [4.78, 5) is 12.2. The van der Waals surface area contributed by atoms with Gasteiger partial charge in [0.05, 0.1) is 6.10 Å². The standard InChI is InChI=1S/C22H20Cl2N2O3/c23-18-6-5-16(21(24)11-18)14-29-19-7-3-15(4-8-19)10-17(12-25)22(27)26-13-20-2-1-9-28-20/h3-8,10-11,20H,1-2,9,13-14H2,(H,26,27). The first kappa shape index (κ1) is 21.2. The zero-order valence-corrected chi connectivity index (χ0v) is 17.2. The molecule has 3 rings (SSSR count). The number of benzene rings is 2. The van der Waals surface area contributed by atoms with E-state index in [0.717, 1.165) is 30.6 Å². The van der Waals surface area contributed by atoms with E-state index in [1.54, 1.807) is 42.5 Å². The van der Waals surface area contributed by atoms with Gasteiger partial charge in [-0.1, -0.05) is 41.4 Å². The average Bonchev–Trinajstić information content (AvgIpc) is 3.24. The molecule has 0 saturated carbocycles. The maximum absolute atomic E-state index is 12.2. The first-order valence-electron chi connectivity index (χ1n) is 9.23. The molecule has 1 atom stereocenters. The molecule has 0 radical (unpaired) electrons. The van der Waals surface area contributed by atoms with Crippen molar-refractivity contribution in [3.05, 3.63) is 69.2 Å². The van der Waals surface area contributed by atoms with E-state index in [1.165, 1.54) is 0 Å². The molecular formula is C22H20Cl2N2O3. The van der Waals surface area contributed by atoms with Gasteiger partial charge in [0.2, 0.25) is 0 Å². The van der Waals surface area contributed by atoms with E-state index >= 15 is 0 Å². The molecule has 1 aliphatic rings. The predicted molar refractivity (Wildman–Crippen MR) is 113 cm³/mol. The van der Waals surface area contributed by atoms with E-state index in [9.17, 15) is 10.1 Å². The molecular weight excluding hydrogens is 411 g/mol. The summed E-state index contributed by atoms with van der Waals surface area (Å²) in [6, 6.07) is 14.3. The minimum absolute atomic E-state index is 0.0319. The van der Waals surface area contributed by atoms with Crippen LogP contribution in [0.5, 0.6) is 5.75 Å². The highest BCUT2D eigenvalue weighted by atomic mass is 35.5. The normalized spacial score (nSPS) is 16.3. The number of hydrogen-bond acceptors (Lipinski definition) is 4. The van der Waals surface area contributed by atoms with Gasteiger partial charge in [-0.2, -0.15) is 5.26 Å². The maximum Gasteiger partial charge on any atom is 0.262 e. The van der Waals surface area contributed by atoms with Gasteiger partial charge in [-0.3, -0.25) is 4.79 Å². The van der Waals surface area contributed by atoms with Crippen LogP contribution >= 0.6 is 23.2 Å². The van der Waals surface area contributed by atoms with Crippen LogP contribution in [0, 0.1) is 11.3 Å². The fraction of sp³-hybridized carbons (Fsp3) is 0.273. The van der Waals surface area contributed by atoms with Gasteiger partial charge in [0, 0.05) is 28.8 Å². The lowest BCUT2D eigenvalue weighted by atomic mass is 10.1. The highest BCUT2D eigenvalue weighted by Gasteiger charge is 2.17. The number of ether oxygens (including phenoxy) is 2. The zero-order valence-electron chi connectivity index (χ0n) is 15.7. The molecule has 1 N–H and O–H groups in total. The number of amides is 1. The van der Waals surface area contributed by atoms with Gasteiger partial charge >= 0.3 is 0 Å². The van der Waals surface area contributed by atoms with Gasteiger partial charge in [-0.25, -0.2) is 0 Å². The molecule has 0 spiro atoms. The van der Waals surface area contributed by atoms with Crippen molar-refractivity contribution < 1.29 is 14.3 Å². The lowest BCUT2D eigenvalue weighted by Gasteiger charge is -2.10. The third kappa shape index (κ3) is 6.23. The van der Waals surface area contributed by atoms with Crippen molar-refractivity contribution in [1.82, 2.24) is 5.32 Å². The lowest BCUT2D eigenvalue weighted by molar-refractivity contribution is -0.117.